The number of hydrogen-bond acceptors (Lipinski definition) is 8. The Bertz CT molecular complexity index is 2900. The first-order valence-electron chi connectivity index (χ1n) is 24.2. The van der Waals surface area contributed by atoms with E-state index in [0.717, 1.165) is 94.7 Å². The van der Waals surface area contributed by atoms with Crippen LogP contribution in [-0.2, 0) is 9.59 Å². The summed E-state index contributed by atoms with van der Waals surface area (Å²) in [4.78, 5) is 52.7. The zero-order chi connectivity index (χ0) is 46.7. The van der Waals surface area contributed by atoms with Crippen molar-refractivity contribution in [1.82, 2.24) is 9.97 Å². The van der Waals surface area contributed by atoms with Crippen LogP contribution in [0.25, 0.3) is 72.4 Å². The van der Waals surface area contributed by atoms with Crippen LogP contribution in [0.3, 0.4) is 0 Å². The zero-order valence-corrected chi connectivity index (χ0v) is 42.4. The molecule has 344 valence electrons. The lowest BCUT2D eigenvalue weighted by Gasteiger charge is -2.24. The number of carbonyl (C=O) groups excluding carboxylic acids is 2. The molecule has 2 aliphatic heterocycles. The SMILES string of the molecule is CCCC[C@@H](CC)CN1C(=O)/C(=C2/C(=O)N(C[C@@H](CC)CCCC)c3cc(-c4ccc(-c5ccc(-c6ccncc6)s5)s4)ccc32)c2ccc(-c3ccc(-c4ccc(-c5ccncc5)s4)s3)cc21. The van der Waals surface area contributed by atoms with Crippen molar-refractivity contribution in [3.05, 3.63) is 145 Å². The molecule has 2 atom stereocenters. The van der Waals surface area contributed by atoms with Gasteiger partial charge in [-0.15, -0.1) is 45.3 Å². The number of pyridine rings is 2. The Morgan fingerprint density at radius 3 is 1.10 bits per heavy atom. The summed E-state index contributed by atoms with van der Waals surface area (Å²) >= 11 is 7.13. The molecule has 0 saturated heterocycles. The maximum Gasteiger partial charge on any atom is 0.259 e. The van der Waals surface area contributed by atoms with E-state index in [2.05, 4.69) is 147 Å². The molecule has 8 aromatic rings. The Morgan fingerprint density at radius 2 is 0.765 bits per heavy atom. The number of carbonyl (C=O) groups is 2. The monoisotopic (exact) mass is 968 g/mol. The molecule has 8 heterocycles. The molecule has 2 aromatic carbocycles. The molecule has 0 spiro atoms. The second-order valence-corrected chi connectivity index (χ2v) is 22.3. The number of nitrogens with zero attached hydrogens (tertiary/aromatic N) is 4. The lowest BCUT2D eigenvalue weighted by atomic mass is 9.95. The van der Waals surface area contributed by atoms with Crippen LogP contribution in [0.1, 0.15) is 90.2 Å². The Kier molecular flexibility index (Phi) is 13.8. The second kappa shape index (κ2) is 20.4. The number of aromatic nitrogens is 2. The topological polar surface area (TPSA) is 66.4 Å². The number of thiophene rings is 4. The fourth-order valence-corrected chi connectivity index (χ4v) is 13.9. The van der Waals surface area contributed by atoms with Crippen molar-refractivity contribution in [2.45, 2.75) is 79.1 Å². The van der Waals surface area contributed by atoms with Crippen LogP contribution in [0.4, 0.5) is 11.4 Å². The molecule has 2 aliphatic rings. The van der Waals surface area contributed by atoms with E-state index in [-0.39, 0.29) is 11.8 Å². The summed E-state index contributed by atoms with van der Waals surface area (Å²) < 4.78 is 0. The van der Waals surface area contributed by atoms with Crippen molar-refractivity contribution in [3.8, 4) is 61.3 Å². The number of hydrogen-bond donors (Lipinski definition) is 0. The molecular formula is C58H56N4O2S4. The van der Waals surface area contributed by atoms with Crippen molar-refractivity contribution < 1.29 is 9.59 Å². The highest BCUT2D eigenvalue weighted by molar-refractivity contribution is 7.25. The van der Waals surface area contributed by atoms with Gasteiger partial charge in [0.25, 0.3) is 11.8 Å². The predicted octanol–water partition coefficient (Wildman–Crippen LogP) is 16.8. The smallest absolute Gasteiger partial charge is 0.259 e. The number of rotatable bonds is 18. The highest BCUT2D eigenvalue weighted by atomic mass is 32.1. The van der Waals surface area contributed by atoms with Gasteiger partial charge < -0.3 is 9.80 Å². The van der Waals surface area contributed by atoms with Crippen molar-refractivity contribution >= 4 is 79.7 Å². The van der Waals surface area contributed by atoms with E-state index in [1.807, 2.05) is 34.6 Å². The third kappa shape index (κ3) is 9.11. The summed E-state index contributed by atoms with van der Waals surface area (Å²) in [5.74, 6) is 0.570. The van der Waals surface area contributed by atoms with Gasteiger partial charge in [0.1, 0.15) is 0 Å². The Hall–Kier alpha value is -5.78. The number of unbranched alkanes of at least 4 members (excludes halogenated alkanes) is 2. The van der Waals surface area contributed by atoms with Gasteiger partial charge in [0.05, 0.1) is 22.5 Å². The van der Waals surface area contributed by atoms with Gasteiger partial charge in [0.15, 0.2) is 0 Å². The molecule has 10 heteroatoms. The van der Waals surface area contributed by atoms with Gasteiger partial charge in [-0.2, -0.15) is 0 Å². The van der Waals surface area contributed by atoms with Crippen LogP contribution in [0, 0.1) is 11.8 Å². The minimum Gasteiger partial charge on any atom is -0.307 e. The number of anilines is 2. The summed E-state index contributed by atoms with van der Waals surface area (Å²) in [5.41, 5.74) is 9.08. The summed E-state index contributed by atoms with van der Waals surface area (Å²) in [7, 11) is 0. The van der Waals surface area contributed by atoms with Gasteiger partial charge in [-0.3, -0.25) is 19.6 Å². The molecule has 0 unspecified atom stereocenters. The molecule has 0 N–H and O–H groups in total. The van der Waals surface area contributed by atoms with E-state index >= 15 is 9.59 Å². The average molecular weight is 969 g/mol. The second-order valence-electron chi connectivity index (χ2n) is 18.0. The molecule has 68 heavy (non-hydrogen) atoms. The van der Waals surface area contributed by atoms with Crippen molar-refractivity contribution in [2.75, 3.05) is 22.9 Å². The van der Waals surface area contributed by atoms with Crippen LogP contribution in [0.5, 0.6) is 0 Å². The van der Waals surface area contributed by atoms with Gasteiger partial charge in [-0.25, -0.2) is 0 Å². The Labute approximate surface area is 416 Å². The predicted molar refractivity (Wildman–Crippen MR) is 291 cm³/mol. The van der Waals surface area contributed by atoms with Crippen LogP contribution in [0.2, 0.25) is 0 Å². The summed E-state index contributed by atoms with van der Waals surface area (Å²) in [5, 5.41) is 0. The Balaban J connectivity index is 1.04. The van der Waals surface area contributed by atoms with Gasteiger partial charge >= 0.3 is 0 Å². The van der Waals surface area contributed by atoms with E-state index in [1.54, 1.807) is 45.3 Å². The largest absolute Gasteiger partial charge is 0.307 e. The number of amides is 2. The van der Waals surface area contributed by atoms with Crippen LogP contribution >= 0.6 is 45.3 Å². The number of fused-ring (bicyclic) bond motifs is 2. The highest BCUT2D eigenvalue weighted by Crippen LogP contribution is 2.51. The normalized spacial score (nSPS) is 15.4. The molecule has 6 nitrogen and oxygen atoms in total. The summed E-state index contributed by atoms with van der Waals surface area (Å²) in [6, 6.07) is 38.8. The van der Waals surface area contributed by atoms with E-state index in [1.165, 1.54) is 40.4 Å². The van der Waals surface area contributed by atoms with Crippen molar-refractivity contribution in [2.24, 2.45) is 11.8 Å². The van der Waals surface area contributed by atoms with E-state index in [0.29, 0.717) is 36.1 Å². The maximum atomic E-state index is 15.3. The first kappa shape index (κ1) is 46.0. The van der Waals surface area contributed by atoms with E-state index < -0.39 is 0 Å². The molecule has 0 radical (unpaired) electrons. The highest BCUT2D eigenvalue weighted by Gasteiger charge is 2.43. The molecule has 10 rings (SSSR count). The van der Waals surface area contributed by atoms with Crippen molar-refractivity contribution in [3.63, 3.8) is 0 Å². The molecule has 0 saturated carbocycles. The summed E-state index contributed by atoms with van der Waals surface area (Å²) in [6.07, 6.45) is 15.9. The van der Waals surface area contributed by atoms with Crippen LogP contribution < -0.4 is 9.80 Å². The van der Waals surface area contributed by atoms with E-state index in [4.69, 9.17) is 0 Å². The summed E-state index contributed by atoms with van der Waals surface area (Å²) in [6.45, 7) is 10.2. The lowest BCUT2D eigenvalue weighted by Crippen LogP contribution is -2.34. The fraction of sp³-hybridized carbons (Fsp3) is 0.276. The van der Waals surface area contributed by atoms with Crippen LogP contribution in [0.15, 0.2) is 134 Å². The van der Waals surface area contributed by atoms with Gasteiger partial charge in [0, 0.05) is 88.0 Å². The van der Waals surface area contributed by atoms with Crippen LogP contribution in [-0.4, -0.2) is 34.9 Å². The van der Waals surface area contributed by atoms with E-state index in [9.17, 15) is 0 Å². The van der Waals surface area contributed by atoms with Gasteiger partial charge in [-0.1, -0.05) is 90.5 Å². The molecule has 0 fully saturated rings. The average Bonchev–Trinajstić information content (AvgIpc) is 4.26. The molecular weight excluding hydrogens is 913 g/mol. The third-order valence-corrected chi connectivity index (χ3v) is 18.6. The Morgan fingerprint density at radius 1 is 0.426 bits per heavy atom. The van der Waals surface area contributed by atoms with Gasteiger partial charge in [0.2, 0.25) is 0 Å². The number of benzene rings is 2. The molecule has 0 aliphatic carbocycles. The minimum absolute atomic E-state index is 0.0653. The minimum atomic E-state index is -0.0653. The standard InChI is InChI=1S/C58H56N4O2S4/c1-5-9-11-37(7-3)35-61-45-33-41(49-19-23-53(67-49)51-21-17-47(65-51)39-25-29-59-30-26-39)13-15-43(45)55(57(61)63)56-44-16-14-42(34-46(44)62(58(56)64)36-38(8-4)12-10-6-2)50-20-24-54(68-50)52-22-18-48(66-52)40-27-31-60-32-28-40/h13-34,37-38H,5-12,35-36H2,1-4H3/b56-55+/t37-,38+. The first-order valence-corrected chi connectivity index (χ1v) is 27.5. The van der Waals surface area contributed by atoms with Crippen molar-refractivity contribution in [1.29, 1.82) is 0 Å². The molecule has 0 bridgehead atoms. The quantitative estimate of drug-likeness (QED) is 0.0804. The van der Waals surface area contributed by atoms with Gasteiger partial charge in [-0.05, 0) is 132 Å². The maximum absolute atomic E-state index is 15.3. The fourth-order valence-electron chi connectivity index (χ4n) is 9.69. The molecule has 6 aromatic heterocycles. The lowest BCUT2D eigenvalue weighted by molar-refractivity contribution is -0.114. The third-order valence-electron chi connectivity index (χ3n) is 13.7. The molecule has 2 amide bonds. The first-order chi connectivity index (χ1) is 33.3. The zero-order valence-electron chi connectivity index (χ0n) is 39.2.